The highest BCUT2D eigenvalue weighted by atomic mass is 16.5. The van der Waals surface area contributed by atoms with Gasteiger partial charge in [0.15, 0.2) is 0 Å². The number of urea groups is 1. The third kappa shape index (κ3) is 5.74. The normalized spacial score (nSPS) is 16.4. The van der Waals surface area contributed by atoms with Crippen LogP contribution in [0.1, 0.15) is 25.7 Å². The fourth-order valence-electron chi connectivity index (χ4n) is 3.25. The molecule has 3 amide bonds. The molecule has 1 unspecified atom stereocenters. The molecule has 1 saturated heterocycles. The van der Waals surface area contributed by atoms with Crippen molar-refractivity contribution in [3.05, 3.63) is 60.7 Å². The highest BCUT2D eigenvalue weighted by Crippen LogP contribution is 2.21. The second-order valence-corrected chi connectivity index (χ2v) is 6.55. The van der Waals surface area contributed by atoms with Crippen molar-refractivity contribution < 1.29 is 14.3 Å². The van der Waals surface area contributed by atoms with E-state index in [1.165, 1.54) is 0 Å². The number of benzene rings is 2. The van der Waals surface area contributed by atoms with E-state index in [9.17, 15) is 9.59 Å². The molecule has 6 nitrogen and oxygen atoms in total. The summed E-state index contributed by atoms with van der Waals surface area (Å²) in [4.78, 5) is 26.4. The first-order chi connectivity index (χ1) is 13.2. The molecule has 6 heteroatoms. The van der Waals surface area contributed by atoms with E-state index in [1.54, 1.807) is 12.1 Å². The first-order valence-corrected chi connectivity index (χ1v) is 9.34. The van der Waals surface area contributed by atoms with Crippen LogP contribution < -0.4 is 10.6 Å². The first kappa shape index (κ1) is 18.8. The van der Waals surface area contributed by atoms with Gasteiger partial charge in [-0.25, -0.2) is 9.59 Å². The second kappa shape index (κ2) is 9.62. The fraction of sp³-hybridized carbons (Fsp3) is 0.333. The number of nitrogens with zero attached hydrogens (tertiary/aromatic N) is 1. The number of ether oxygens (including phenoxy) is 1. The van der Waals surface area contributed by atoms with Gasteiger partial charge in [0, 0.05) is 30.4 Å². The van der Waals surface area contributed by atoms with Crippen LogP contribution in [0.5, 0.6) is 0 Å². The van der Waals surface area contributed by atoms with Gasteiger partial charge < -0.3 is 15.0 Å². The largest absolute Gasteiger partial charge is 0.449 e. The van der Waals surface area contributed by atoms with Gasteiger partial charge in [0.1, 0.15) is 0 Å². The zero-order chi connectivity index (χ0) is 18.9. The Kier molecular flexibility index (Phi) is 6.68. The van der Waals surface area contributed by atoms with Crippen molar-refractivity contribution in [2.75, 3.05) is 23.8 Å². The van der Waals surface area contributed by atoms with E-state index < -0.39 is 6.09 Å². The number of carbonyl (C=O) groups excluding carboxylic acids is 2. The van der Waals surface area contributed by atoms with Gasteiger partial charge in [-0.15, -0.1) is 0 Å². The predicted molar refractivity (Wildman–Crippen MR) is 106 cm³/mol. The summed E-state index contributed by atoms with van der Waals surface area (Å²) in [6.45, 7) is 0.998. The van der Waals surface area contributed by atoms with Crippen LogP contribution in [0.15, 0.2) is 60.7 Å². The minimum absolute atomic E-state index is 0.0759. The fourth-order valence-corrected chi connectivity index (χ4v) is 3.25. The van der Waals surface area contributed by atoms with Crippen molar-refractivity contribution >= 4 is 23.5 Å². The van der Waals surface area contributed by atoms with E-state index in [-0.39, 0.29) is 18.7 Å². The molecule has 0 aromatic heterocycles. The number of amides is 3. The summed E-state index contributed by atoms with van der Waals surface area (Å²) >= 11 is 0. The highest BCUT2D eigenvalue weighted by Gasteiger charge is 2.26. The number of carbonyl (C=O) groups is 2. The SMILES string of the molecule is O=C(Nc1ccccc1)OCCC1CCCCN1C(=O)Nc1ccccc1. The van der Waals surface area contributed by atoms with Gasteiger partial charge in [-0.3, -0.25) is 5.32 Å². The maximum atomic E-state index is 12.6. The molecule has 3 rings (SSSR count). The standard InChI is InChI=1S/C21H25N3O3/c25-20(22-17-9-3-1-4-10-17)24-15-8-7-13-19(24)14-16-27-21(26)23-18-11-5-2-6-12-18/h1-6,9-12,19H,7-8,13-16H2,(H,22,25)(H,23,26). The van der Waals surface area contributed by atoms with Crippen molar-refractivity contribution in [3.8, 4) is 0 Å². The number of anilines is 2. The lowest BCUT2D eigenvalue weighted by Gasteiger charge is -2.35. The third-order valence-electron chi connectivity index (χ3n) is 4.62. The van der Waals surface area contributed by atoms with E-state index in [0.717, 1.165) is 31.5 Å². The Bertz CT molecular complexity index is 737. The summed E-state index contributed by atoms with van der Waals surface area (Å²) in [6.07, 6.45) is 3.15. The summed E-state index contributed by atoms with van der Waals surface area (Å²) in [5.74, 6) is 0. The number of nitrogens with one attached hydrogen (secondary N) is 2. The molecule has 1 fully saturated rings. The zero-order valence-electron chi connectivity index (χ0n) is 15.3. The molecule has 1 atom stereocenters. The molecule has 2 aromatic carbocycles. The maximum absolute atomic E-state index is 12.6. The molecule has 0 saturated carbocycles. The lowest BCUT2D eigenvalue weighted by atomic mass is 10.00. The molecule has 0 radical (unpaired) electrons. The minimum Gasteiger partial charge on any atom is -0.449 e. The molecule has 0 aliphatic carbocycles. The smallest absolute Gasteiger partial charge is 0.411 e. The maximum Gasteiger partial charge on any atom is 0.411 e. The van der Waals surface area contributed by atoms with E-state index in [4.69, 9.17) is 4.74 Å². The predicted octanol–water partition coefficient (Wildman–Crippen LogP) is 4.71. The topological polar surface area (TPSA) is 70.7 Å². The van der Waals surface area contributed by atoms with Gasteiger partial charge in [0.2, 0.25) is 0 Å². The molecule has 1 aliphatic heterocycles. The summed E-state index contributed by atoms with van der Waals surface area (Å²) in [7, 11) is 0. The number of rotatable bonds is 5. The van der Waals surface area contributed by atoms with Crippen LogP contribution >= 0.6 is 0 Å². The van der Waals surface area contributed by atoms with Crippen LogP contribution in [0.4, 0.5) is 21.0 Å². The van der Waals surface area contributed by atoms with Gasteiger partial charge in [0.25, 0.3) is 0 Å². The lowest BCUT2D eigenvalue weighted by Crippen LogP contribution is -2.46. The molecule has 1 heterocycles. The van der Waals surface area contributed by atoms with Crippen molar-refractivity contribution in [3.63, 3.8) is 0 Å². The number of para-hydroxylation sites is 2. The van der Waals surface area contributed by atoms with E-state index in [1.807, 2.05) is 53.4 Å². The van der Waals surface area contributed by atoms with Crippen molar-refractivity contribution in [1.29, 1.82) is 0 Å². The molecule has 0 bridgehead atoms. The van der Waals surface area contributed by atoms with Crippen LogP contribution in [0, 0.1) is 0 Å². The Morgan fingerprint density at radius 2 is 1.56 bits per heavy atom. The quantitative estimate of drug-likeness (QED) is 0.804. The summed E-state index contributed by atoms with van der Waals surface area (Å²) in [6, 6.07) is 18.6. The molecular weight excluding hydrogens is 342 g/mol. The molecule has 2 N–H and O–H groups in total. The van der Waals surface area contributed by atoms with Gasteiger partial charge in [-0.1, -0.05) is 36.4 Å². The zero-order valence-corrected chi connectivity index (χ0v) is 15.3. The Hall–Kier alpha value is -3.02. The molecular formula is C21H25N3O3. The number of piperidine rings is 1. The molecule has 2 aromatic rings. The van der Waals surface area contributed by atoms with Gasteiger partial charge >= 0.3 is 12.1 Å². The van der Waals surface area contributed by atoms with Crippen molar-refractivity contribution in [2.24, 2.45) is 0 Å². The molecule has 27 heavy (non-hydrogen) atoms. The van der Waals surface area contributed by atoms with Crippen LogP contribution in [-0.2, 0) is 4.74 Å². The van der Waals surface area contributed by atoms with Crippen LogP contribution in [-0.4, -0.2) is 36.2 Å². The van der Waals surface area contributed by atoms with Crippen LogP contribution in [0.2, 0.25) is 0 Å². The van der Waals surface area contributed by atoms with Crippen LogP contribution in [0.25, 0.3) is 0 Å². The highest BCUT2D eigenvalue weighted by molar-refractivity contribution is 5.89. The molecule has 0 spiro atoms. The van der Waals surface area contributed by atoms with Gasteiger partial charge in [-0.2, -0.15) is 0 Å². The summed E-state index contributed by atoms with van der Waals surface area (Å²) in [5.41, 5.74) is 1.48. The first-order valence-electron chi connectivity index (χ1n) is 9.34. The minimum atomic E-state index is -0.475. The third-order valence-corrected chi connectivity index (χ3v) is 4.62. The summed E-state index contributed by atoms with van der Waals surface area (Å²) < 4.78 is 5.29. The Morgan fingerprint density at radius 1 is 0.926 bits per heavy atom. The van der Waals surface area contributed by atoms with E-state index >= 15 is 0 Å². The van der Waals surface area contributed by atoms with Gasteiger partial charge in [-0.05, 0) is 43.5 Å². The molecule has 142 valence electrons. The lowest BCUT2D eigenvalue weighted by molar-refractivity contribution is 0.123. The average Bonchev–Trinajstić information content (AvgIpc) is 2.70. The number of likely N-dealkylation sites (tertiary alicyclic amines) is 1. The van der Waals surface area contributed by atoms with Crippen molar-refractivity contribution in [2.45, 2.75) is 31.7 Å². The monoisotopic (exact) mass is 367 g/mol. The van der Waals surface area contributed by atoms with E-state index in [0.29, 0.717) is 12.1 Å². The van der Waals surface area contributed by atoms with Gasteiger partial charge in [0.05, 0.1) is 6.61 Å². The summed E-state index contributed by atoms with van der Waals surface area (Å²) in [5, 5.41) is 5.63. The van der Waals surface area contributed by atoms with Crippen LogP contribution in [0.3, 0.4) is 0 Å². The number of hydrogen-bond donors (Lipinski definition) is 2. The average molecular weight is 367 g/mol. The molecule has 1 aliphatic rings. The Morgan fingerprint density at radius 3 is 2.22 bits per heavy atom. The Balaban J connectivity index is 1.47. The Labute approximate surface area is 159 Å². The van der Waals surface area contributed by atoms with E-state index in [2.05, 4.69) is 10.6 Å². The number of hydrogen-bond acceptors (Lipinski definition) is 3. The second-order valence-electron chi connectivity index (χ2n) is 6.55. The van der Waals surface area contributed by atoms with Crippen molar-refractivity contribution in [1.82, 2.24) is 4.90 Å².